The van der Waals surface area contributed by atoms with Gasteiger partial charge in [-0.05, 0) is 51.9 Å². The van der Waals surface area contributed by atoms with E-state index >= 15 is 0 Å². The summed E-state index contributed by atoms with van der Waals surface area (Å²) >= 11 is 0. The van der Waals surface area contributed by atoms with Gasteiger partial charge in [0, 0.05) is 45.8 Å². The first-order valence-electron chi connectivity index (χ1n) is 8.64. The minimum Gasteiger partial charge on any atom is -0.381 e. The van der Waals surface area contributed by atoms with E-state index in [-0.39, 0.29) is 0 Å². The molecule has 1 saturated carbocycles. The van der Waals surface area contributed by atoms with Crippen molar-refractivity contribution >= 4 is 5.91 Å². The van der Waals surface area contributed by atoms with Crippen LogP contribution in [0.4, 0.5) is 0 Å². The molecule has 0 unspecified atom stereocenters. The van der Waals surface area contributed by atoms with Gasteiger partial charge in [-0.15, -0.1) is 0 Å². The maximum atomic E-state index is 12.3. The predicted octanol–water partition coefficient (Wildman–Crippen LogP) is 2.52. The van der Waals surface area contributed by atoms with Crippen molar-refractivity contribution in [2.24, 2.45) is 5.92 Å². The normalized spacial score (nSPS) is 28.1. The average Bonchev–Trinajstić information content (AvgIpc) is 2.53. The average molecular weight is 296 g/mol. The number of carbonyl (C=O) groups is 1. The topological polar surface area (TPSA) is 32.8 Å². The highest BCUT2D eigenvalue weighted by Gasteiger charge is 2.25. The molecule has 0 N–H and O–H groups in total. The van der Waals surface area contributed by atoms with Gasteiger partial charge in [0.2, 0.25) is 5.91 Å². The fourth-order valence-corrected chi connectivity index (χ4v) is 3.63. The quantitative estimate of drug-likeness (QED) is 0.781. The summed E-state index contributed by atoms with van der Waals surface area (Å²) in [7, 11) is 1.81. The van der Waals surface area contributed by atoms with Crippen LogP contribution in [0.1, 0.15) is 52.4 Å². The molecule has 1 amide bonds. The number of piperazine rings is 1. The smallest absolute Gasteiger partial charge is 0.222 e. The van der Waals surface area contributed by atoms with E-state index in [1.54, 1.807) is 0 Å². The van der Waals surface area contributed by atoms with E-state index in [0.717, 1.165) is 44.9 Å². The number of amides is 1. The molecule has 2 aliphatic rings. The van der Waals surface area contributed by atoms with Gasteiger partial charge < -0.3 is 9.64 Å². The number of methoxy groups -OCH3 is 1. The number of carbonyl (C=O) groups excluding carboxylic acids is 1. The third-order valence-electron chi connectivity index (χ3n) is 5.29. The van der Waals surface area contributed by atoms with Crippen molar-refractivity contribution < 1.29 is 9.53 Å². The zero-order valence-corrected chi connectivity index (χ0v) is 14.0. The molecule has 0 aromatic rings. The van der Waals surface area contributed by atoms with Crippen LogP contribution in [-0.2, 0) is 9.53 Å². The summed E-state index contributed by atoms with van der Waals surface area (Å²) < 4.78 is 5.41. The number of ether oxygens (including phenoxy) is 1. The van der Waals surface area contributed by atoms with Crippen molar-refractivity contribution in [3.63, 3.8) is 0 Å². The maximum absolute atomic E-state index is 12.3. The number of rotatable bonds is 5. The Balaban J connectivity index is 1.64. The van der Waals surface area contributed by atoms with Crippen LogP contribution in [0, 0.1) is 5.92 Å². The van der Waals surface area contributed by atoms with Crippen molar-refractivity contribution in [1.29, 1.82) is 0 Å². The van der Waals surface area contributed by atoms with Crippen molar-refractivity contribution in [3.05, 3.63) is 0 Å². The minimum absolute atomic E-state index is 0.368. The summed E-state index contributed by atoms with van der Waals surface area (Å²) in [5.41, 5.74) is 0. The second-order valence-corrected chi connectivity index (χ2v) is 6.93. The van der Waals surface area contributed by atoms with Gasteiger partial charge in [-0.25, -0.2) is 0 Å². The lowest BCUT2D eigenvalue weighted by molar-refractivity contribution is -0.133. The Morgan fingerprint density at radius 2 is 1.71 bits per heavy atom. The molecule has 0 bridgehead atoms. The van der Waals surface area contributed by atoms with Gasteiger partial charge in [-0.3, -0.25) is 9.69 Å². The van der Waals surface area contributed by atoms with Crippen LogP contribution in [-0.4, -0.2) is 61.1 Å². The van der Waals surface area contributed by atoms with Crippen LogP contribution in [0.5, 0.6) is 0 Å². The molecular weight excluding hydrogens is 264 g/mol. The summed E-state index contributed by atoms with van der Waals surface area (Å²) in [5.74, 6) is 1.10. The van der Waals surface area contributed by atoms with E-state index in [9.17, 15) is 4.79 Å². The third kappa shape index (κ3) is 4.96. The fraction of sp³-hybridized carbons (Fsp3) is 0.941. The van der Waals surface area contributed by atoms with E-state index in [1.807, 2.05) is 7.11 Å². The molecule has 4 nitrogen and oxygen atoms in total. The zero-order valence-electron chi connectivity index (χ0n) is 14.0. The van der Waals surface area contributed by atoms with Gasteiger partial charge in [0.25, 0.3) is 0 Å². The highest BCUT2D eigenvalue weighted by atomic mass is 16.5. The summed E-state index contributed by atoms with van der Waals surface area (Å²) in [4.78, 5) is 16.8. The second-order valence-electron chi connectivity index (χ2n) is 6.93. The molecule has 1 saturated heterocycles. The molecule has 21 heavy (non-hydrogen) atoms. The summed E-state index contributed by atoms with van der Waals surface area (Å²) in [5, 5.41) is 0. The molecule has 2 rings (SSSR count). The Kier molecular flexibility index (Phi) is 6.49. The fourth-order valence-electron chi connectivity index (χ4n) is 3.63. The molecule has 0 radical (unpaired) electrons. The molecule has 0 spiro atoms. The summed E-state index contributed by atoms with van der Waals surface area (Å²) in [6.07, 6.45) is 7.06. The third-order valence-corrected chi connectivity index (χ3v) is 5.29. The van der Waals surface area contributed by atoms with Gasteiger partial charge >= 0.3 is 0 Å². The van der Waals surface area contributed by atoms with Gasteiger partial charge in [-0.1, -0.05) is 0 Å². The van der Waals surface area contributed by atoms with E-state index in [2.05, 4.69) is 23.6 Å². The number of hydrogen-bond donors (Lipinski definition) is 0. The minimum atomic E-state index is 0.368. The van der Waals surface area contributed by atoms with E-state index in [1.165, 1.54) is 25.7 Å². The second kappa shape index (κ2) is 8.14. The molecule has 4 heteroatoms. The van der Waals surface area contributed by atoms with E-state index in [4.69, 9.17) is 4.74 Å². The van der Waals surface area contributed by atoms with Crippen molar-refractivity contribution in [1.82, 2.24) is 9.80 Å². The Morgan fingerprint density at radius 3 is 2.24 bits per heavy atom. The maximum Gasteiger partial charge on any atom is 0.222 e. The molecule has 0 aromatic carbocycles. The zero-order chi connectivity index (χ0) is 15.2. The van der Waals surface area contributed by atoms with E-state index in [0.29, 0.717) is 18.1 Å². The number of hydrogen-bond acceptors (Lipinski definition) is 3. The van der Waals surface area contributed by atoms with Crippen LogP contribution >= 0.6 is 0 Å². The predicted molar refractivity (Wildman–Crippen MR) is 85.3 cm³/mol. The van der Waals surface area contributed by atoms with Gasteiger partial charge in [0.05, 0.1) is 6.10 Å². The van der Waals surface area contributed by atoms with Crippen molar-refractivity contribution in [3.8, 4) is 0 Å². The molecule has 1 aliphatic heterocycles. The highest BCUT2D eigenvalue weighted by molar-refractivity contribution is 5.76. The lowest BCUT2D eigenvalue weighted by Crippen LogP contribution is -2.50. The summed E-state index contributed by atoms with van der Waals surface area (Å²) in [6.45, 7) is 8.34. The molecule has 122 valence electrons. The first-order chi connectivity index (χ1) is 10.1. The Morgan fingerprint density at radius 1 is 1.10 bits per heavy atom. The Hall–Kier alpha value is -0.610. The lowest BCUT2D eigenvalue weighted by atomic mass is 9.84. The first kappa shape index (κ1) is 16.8. The highest BCUT2D eigenvalue weighted by Crippen LogP contribution is 2.29. The molecule has 1 heterocycles. The van der Waals surface area contributed by atoms with Crippen molar-refractivity contribution in [2.45, 2.75) is 64.5 Å². The molecule has 1 aliphatic carbocycles. The first-order valence-corrected chi connectivity index (χ1v) is 8.64. The van der Waals surface area contributed by atoms with Gasteiger partial charge in [0.1, 0.15) is 0 Å². The SMILES string of the molecule is COC1CCC(CCC(=O)N2CCN(C(C)C)CC2)CC1. The summed E-state index contributed by atoms with van der Waals surface area (Å²) in [6, 6.07) is 0.596. The largest absolute Gasteiger partial charge is 0.381 e. The van der Waals surface area contributed by atoms with Crippen LogP contribution < -0.4 is 0 Å². The molecule has 0 aromatic heterocycles. The molecular formula is C17H32N2O2. The van der Waals surface area contributed by atoms with Crippen molar-refractivity contribution in [2.75, 3.05) is 33.3 Å². The van der Waals surface area contributed by atoms with Crippen LogP contribution in [0.3, 0.4) is 0 Å². The van der Waals surface area contributed by atoms with Gasteiger partial charge in [-0.2, -0.15) is 0 Å². The Labute approximate surface area is 129 Å². The van der Waals surface area contributed by atoms with Crippen LogP contribution in [0.15, 0.2) is 0 Å². The number of nitrogens with zero attached hydrogens (tertiary/aromatic N) is 2. The lowest BCUT2D eigenvalue weighted by Gasteiger charge is -2.37. The standard InChI is InChI=1S/C17H32N2O2/c1-14(2)18-10-12-19(13-11-18)17(20)9-6-15-4-7-16(21-3)8-5-15/h14-16H,4-13H2,1-3H3. The molecule has 0 atom stereocenters. The van der Waals surface area contributed by atoms with Gasteiger partial charge in [0.15, 0.2) is 0 Å². The Bertz CT molecular complexity index is 317. The monoisotopic (exact) mass is 296 g/mol. The molecule has 2 fully saturated rings. The van der Waals surface area contributed by atoms with Crippen LogP contribution in [0.2, 0.25) is 0 Å². The van der Waals surface area contributed by atoms with Crippen LogP contribution in [0.25, 0.3) is 0 Å². The van der Waals surface area contributed by atoms with E-state index < -0.39 is 0 Å².